The number of hydrogen-bond acceptors (Lipinski definition) is 3. The Morgan fingerprint density at radius 3 is 2.50 bits per heavy atom. The molecular formula is C12H12Cl3NO3S. The van der Waals surface area contributed by atoms with Gasteiger partial charge in [-0.25, -0.2) is 8.42 Å². The van der Waals surface area contributed by atoms with Crippen molar-refractivity contribution in [3.63, 3.8) is 0 Å². The number of rotatable bonds is 3. The molecule has 110 valence electrons. The van der Waals surface area contributed by atoms with E-state index in [1.807, 2.05) is 0 Å². The third kappa shape index (κ3) is 3.22. The number of nitrogens with zero attached hydrogens (tertiary/aromatic N) is 1. The number of carbonyl (C=O) groups excluding carboxylic acids is 1. The lowest BCUT2D eigenvalue weighted by atomic mass is 10.1. The molecule has 0 spiro atoms. The van der Waals surface area contributed by atoms with E-state index >= 15 is 0 Å². The van der Waals surface area contributed by atoms with Gasteiger partial charge in [0.25, 0.3) is 0 Å². The van der Waals surface area contributed by atoms with Crippen LogP contribution in [0.5, 0.6) is 0 Å². The summed E-state index contributed by atoms with van der Waals surface area (Å²) in [6, 6.07) is 4.65. The minimum absolute atomic E-state index is 0.0742. The van der Waals surface area contributed by atoms with Crippen molar-refractivity contribution < 1.29 is 13.2 Å². The van der Waals surface area contributed by atoms with Gasteiger partial charge in [0.05, 0.1) is 6.04 Å². The van der Waals surface area contributed by atoms with E-state index in [4.69, 9.17) is 33.9 Å². The average Bonchev–Trinajstić information content (AvgIpc) is 2.70. The van der Waals surface area contributed by atoms with Gasteiger partial charge in [0.1, 0.15) is 5.25 Å². The van der Waals surface area contributed by atoms with Gasteiger partial charge in [-0.05, 0) is 24.6 Å². The van der Waals surface area contributed by atoms with E-state index in [-0.39, 0.29) is 24.9 Å². The molecule has 0 radical (unpaired) electrons. The van der Waals surface area contributed by atoms with E-state index in [1.54, 1.807) is 25.1 Å². The molecule has 1 fully saturated rings. The molecule has 1 heterocycles. The van der Waals surface area contributed by atoms with Crippen LogP contribution in [-0.4, -0.2) is 31.0 Å². The summed E-state index contributed by atoms with van der Waals surface area (Å²) in [6.45, 7) is 1.86. The number of halogens is 3. The van der Waals surface area contributed by atoms with Crippen molar-refractivity contribution in [1.82, 2.24) is 4.90 Å². The molecule has 0 bridgehead atoms. The van der Waals surface area contributed by atoms with Gasteiger partial charge < -0.3 is 4.90 Å². The van der Waals surface area contributed by atoms with Crippen LogP contribution >= 0.6 is 33.9 Å². The van der Waals surface area contributed by atoms with Gasteiger partial charge in [-0.1, -0.05) is 29.3 Å². The van der Waals surface area contributed by atoms with E-state index in [2.05, 4.69) is 0 Å². The Kier molecular flexibility index (Phi) is 4.54. The fourth-order valence-electron chi connectivity index (χ4n) is 2.27. The normalized spacial score (nSPS) is 21.3. The molecule has 1 aromatic carbocycles. The van der Waals surface area contributed by atoms with Gasteiger partial charge in [-0.3, -0.25) is 4.79 Å². The van der Waals surface area contributed by atoms with Crippen LogP contribution in [0.3, 0.4) is 0 Å². The predicted molar refractivity (Wildman–Crippen MR) is 79.8 cm³/mol. The maximum Gasteiger partial charge on any atom is 0.237 e. The molecule has 8 heteroatoms. The van der Waals surface area contributed by atoms with Gasteiger partial charge in [0.15, 0.2) is 0 Å². The van der Waals surface area contributed by atoms with Crippen LogP contribution in [0.15, 0.2) is 18.2 Å². The third-order valence-electron chi connectivity index (χ3n) is 3.40. The minimum atomic E-state index is -3.75. The molecule has 1 aliphatic heterocycles. The highest BCUT2D eigenvalue weighted by molar-refractivity contribution is 8.14. The summed E-state index contributed by atoms with van der Waals surface area (Å²) in [7, 11) is 1.58. The molecule has 0 saturated carbocycles. The highest BCUT2D eigenvalue weighted by atomic mass is 35.7. The van der Waals surface area contributed by atoms with Crippen LogP contribution < -0.4 is 0 Å². The minimum Gasteiger partial charge on any atom is -0.334 e. The molecule has 1 saturated heterocycles. The Bertz CT molecular complexity index is 647. The first-order valence-electron chi connectivity index (χ1n) is 5.88. The smallest absolute Gasteiger partial charge is 0.237 e. The van der Waals surface area contributed by atoms with Crippen LogP contribution in [0.1, 0.15) is 24.9 Å². The summed E-state index contributed by atoms with van der Waals surface area (Å²) < 4.78 is 22.7. The van der Waals surface area contributed by atoms with E-state index < -0.39 is 14.3 Å². The van der Waals surface area contributed by atoms with Crippen molar-refractivity contribution in [2.45, 2.75) is 24.6 Å². The van der Waals surface area contributed by atoms with Gasteiger partial charge >= 0.3 is 0 Å². The van der Waals surface area contributed by atoms with Crippen LogP contribution in [0.4, 0.5) is 0 Å². The lowest BCUT2D eigenvalue weighted by molar-refractivity contribution is -0.129. The molecule has 1 aliphatic rings. The Balaban J connectivity index is 2.26. The van der Waals surface area contributed by atoms with Crippen molar-refractivity contribution in [1.29, 1.82) is 0 Å². The van der Waals surface area contributed by atoms with Crippen molar-refractivity contribution in [3.8, 4) is 0 Å². The van der Waals surface area contributed by atoms with Gasteiger partial charge in [-0.2, -0.15) is 0 Å². The Morgan fingerprint density at radius 2 is 2.00 bits per heavy atom. The van der Waals surface area contributed by atoms with Gasteiger partial charge in [0.2, 0.25) is 15.0 Å². The van der Waals surface area contributed by atoms with Crippen LogP contribution in [0, 0.1) is 0 Å². The van der Waals surface area contributed by atoms with Crippen molar-refractivity contribution in [2.75, 3.05) is 6.54 Å². The third-order valence-corrected chi connectivity index (χ3v) is 5.83. The Hall–Kier alpha value is -0.490. The average molecular weight is 357 g/mol. The standard InChI is InChI=1S/C12H12Cl3NO3S/c1-7(10-3-2-8(13)4-11(10)14)16-6-9(5-12(16)17)20(15,18)19/h2-4,7,9H,5-6H2,1H3. The topological polar surface area (TPSA) is 54.5 Å². The summed E-state index contributed by atoms with van der Waals surface area (Å²) in [6.07, 6.45) is -0.0959. The number of likely N-dealkylation sites (tertiary alicyclic amines) is 1. The number of hydrogen-bond donors (Lipinski definition) is 0. The number of benzene rings is 1. The summed E-state index contributed by atoms with van der Waals surface area (Å²) in [5.41, 5.74) is 0.719. The molecule has 4 nitrogen and oxygen atoms in total. The zero-order valence-electron chi connectivity index (χ0n) is 10.5. The summed E-state index contributed by atoms with van der Waals surface area (Å²) in [4.78, 5) is 13.4. The second-order valence-electron chi connectivity index (χ2n) is 4.69. The van der Waals surface area contributed by atoms with E-state index in [1.165, 1.54) is 4.90 Å². The van der Waals surface area contributed by atoms with Crippen molar-refractivity contribution in [2.24, 2.45) is 0 Å². The van der Waals surface area contributed by atoms with Crippen molar-refractivity contribution >= 4 is 48.8 Å². The largest absolute Gasteiger partial charge is 0.334 e. The fourth-order valence-corrected chi connectivity index (χ4v) is 3.87. The first kappa shape index (κ1) is 15.9. The maximum atomic E-state index is 12.0. The molecule has 1 aromatic rings. The van der Waals surface area contributed by atoms with Gasteiger partial charge in [-0.15, -0.1) is 0 Å². The van der Waals surface area contributed by atoms with Crippen molar-refractivity contribution in [3.05, 3.63) is 33.8 Å². The highest BCUT2D eigenvalue weighted by Gasteiger charge is 2.39. The van der Waals surface area contributed by atoms with Crippen LogP contribution in [-0.2, 0) is 13.8 Å². The number of carbonyl (C=O) groups is 1. The van der Waals surface area contributed by atoms with E-state index in [9.17, 15) is 13.2 Å². The molecule has 2 rings (SSSR count). The molecule has 2 unspecified atom stereocenters. The van der Waals surface area contributed by atoms with Crippen LogP contribution in [0.2, 0.25) is 10.0 Å². The summed E-state index contributed by atoms with van der Waals surface area (Å²) in [5.74, 6) is -0.252. The second-order valence-corrected chi connectivity index (χ2v) is 8.44. The highest BCUT2D eigenvalue weighted by Crippen LogP contribution is 2.33. The molecular weight excluding hydrogens is 345 g/mol. The van der Waals surface area contributed by atoms with Gasteiger partial charge in [0, 0.05) is 33.7 Å². The SMILES string of the molecule is CC(c1ccc(Cl)cc1Cl)N1CC(S(=O)(=O)Cl)CC1=O. The number of amides is 1. The Morgan fingerprint density at radius 1 is 1.35 bits per heavy atom. The summed E-state index contributed by atoms with van der Waals surface area (Å²) >= 11 is 11.9. The molecule has 0 N–H and O–H groups in total. The lowest BCUT2D eigenvalue weighted by Gasteiger charge is -2.25. The fraction of sp³-hybridized carbons (Fsp3) is 0.417. The first-order chi connectivity index (χ1) is 9.20. The summed E-state index contributed by atoms with van der Waals surface area (Å²) in [5, 5.41) is 0.0695. The quantitative estimate of drug-likeness (QED) is 0.781. The zero-order valence-corrected chi connectivity index (χ0v) is 13.6. The maximum absolute atomic E-state index is 12.0. The first-order valence-corrected chi connectivity index (χ1v) is 9.01. The predicted octanol–water partition coefficient (Wildman–Crippen LogP) is 3.22. The zero-order chi connectivity index (χ0) is 15.1. The second kappa shape index (κ2) is 5.72. The van der Waals surface area contributed by atoms with Crippen LogP contribution in [0.25, 0.3) is 0 Å². The monoisotopic (exact) mass is 355 g/mol. The lowest BCUT2D eigenvalue weighted by Crippen LogP contribution is -2.30. The Labute approximate surface area is 132 Å². The van der Waals surface area contributed by atoms with E-state index in [0.29, 0.717) is 10.0 Å². The molecule has 0 aromatic heterocycles. The molecule has 2 atom stereocenters. The van der Waals surface area contributed by atoms with E-state index in [0.717, 1.165) is 5.56 Å². The molecule has 0 aliphatic carbocycles. The molecule has 20 heavy (non-hydrogen) atoms. The molecule has 1 amide bonds.